The number of aromatic nitrogens is 1. The van der Waals surface area contributed by atoms with Crippen LogP contribution in [0.1, 0.15) is 26.3 Å². The maximum atomic E-state index is 4.39. The van der Waals surface area contributed by atoms with Gasteiger partial charge >= 0.3 is 0 Å². The van der Waals surface area contributed by atoms with Crippen LogP contribution in [0, 0.1) is 0 Å². The molecule has 1 heterocycles. The van der Waals surface area contributed by atoms with Crippen LogP contribution in [0.2, 0.25) is 0 Å². The SMILES string of the molecule is C=Cc1cc(NCC)ncc1N=C(C)C. The topological polar surface area (TPSA) is 37.3 Å². The maximum absolute atomic E-state index is 4.39. The van der Waals surface area contributed by atoms with Gasteiger partial charge in [-0.15, -0.1) is 0 Å². The van der Waals surface area contributed by atoms with Crippen molar-refractivity contribution in [3.63, 3.8) is 0 Å². The second-order valence-corrected chi connectivity index (χ2v) is 3.42. The van der Waals surface area contributed by atoms with Gasteiger partial charge in [-0.3, -0.25) is 4.99 Å². The Balaban J connectivity index is 3.09. The zero-order valence-electron chi connectivity index (χ0n) is 9.54. The molecule has 15 heavy (non-hydrogen) atoms. The lowest BCUT2D eigenvalue weighted by atomic mass is 10.2. The molecular formula is C12H17N3. The molecule has 1 aromatic heterocycles. The van der Waals surface area contributed by atoms with Crippen molar-refractivity contribution >= 4 is 23.3 Å². The van der Waals surface area contributed by atoms with Crippen molar-refractivity contribution < 1.29 is 0 Å². The van der Waals surface area contributed by atoms with Crippen LogP contribution in [0.15, 0.2) is 23.8 Å². The zero-order valence-corrected chi connectivity index (χ0v) is 9.54. The molecule has 0 fully saturated rings. The third-order valence-electron chi connectivity index (χ3n) is 1.84. The molecule has 0 spiro atoms. The van der Waals surface area contributed by atoms with Crippen molar-refractivity contribution in [2.75, 3.05) is 11.9 Å². The van der Waals surface area contributed by atoms with Crippen LogP contribution in [0.4, 0.5) is 11.5 Å². The molecule has 3 nitrogen and oxygen atoms in total. The van der Waals surface area contributed by atoms with Crippen LogP contribution in [0.25, 0.3) is 6.08 Å². The molecule has 0 radical (unpaired) electrons. The van der Waals surface area contributed by atoms with Crippen LogP contribution >= 0.6 is 0 Å². The Kier molecular flexibility index (Phi) is 4.03. The van der Waals surface area contributed by atoms with Gasteiger partial charge in [0.1, 0.15) is 5.82 Å². The predicted molar refractivity (Wildman–Crippen MR) is 66.9 cm³/mol. The van der Waals surface area contributed by atoms with Crippen molar-refractivity contribution in [1.29, 1.82) is 0 Å². The number of hydrogen-bond acceptors (Lipinski definition) is 3. The third kappa shape index (κ3) is 3.20. The molecule has 1 aromatic rings. The highest BCUT2D eigenvalue weighted by Crippen LogP contribution is 2.22. The summed E-state index contributed by atoms with van der Waals surface area (Å²) in [6.45, 7) is 10.6. The maximum Gasteiger partial charge on any atom is 0.126 e. The average molecular weight is 203 g/mol. The van der Waals surface area contributed by atoms with E-state index in [-0.39, 0.29) is 0 Å². The monoisotopic (exact) mass is 203 g/mol. The number of aliphatic imine (C=N–C) groups is 1. The van der Waals surface area contributed by atoms with Crippen LogP contribution < -0.4 is 5.32 Å². The van der Waals surface area contributed by atoms with Gasteiger partial charge < -0.3 is 5.32 Å². The Labute approximate surface area is 91.0 Å². The first kappa shape index (κ1) is 11.4. The van der Waals surface area contributed by atoms with Crippen LogP contribution in [0.3, 0.4) is 0 Å². The molecule has 0 saturated heterocycles. The summed E-state index contributed by atoms with van der Waals surface area (Å²) in [7, 11) is 0. The fraction of sp³-hybridized carbons (Fsp3) is 0.333. The van der Waals surface area contributed by atoms with Crippen molar-refractivity contribution in [1.82, 2.24) is 4.98 Å². The fourth-order valence-corrected chi connectivity index (χ4v) is 1.24. The van der Waals surface area contributed by atoms with Crippen molar-refractivity contribution in [2.45, 2.75) is 20.8 Å². The summed E-state index contributed by atoms with van der Waals surface area (Å²) in [6.07, 6.45) is 3.56. The number of nitrogens with zero attached hydrogens (tertiary/aromatic N) is 2. The first-order valence-corrected chi connectivity index (χ1v) is 5.05. The molecule has 0 aliphatic rings. The van der Waals surface area contributed by atoms with E-state index in [1.807, 2.05) is 26.8 Å². The standard InChI is InChI=1S/C12H17N3/c1-5-10-7-12(13-6-2)14-8-11(10)15-9(3)4/h5,7-8H,1,6H2,2-4H3,(H,13,14). The second-order valence-electron chi connectivity index (χ2n) is 3.42. The van der Waals surface area contributed by atoms with E-state index in [0.29, 0.717) is 0 Å². The van der Waals surface area contributed by atoms with Crippen molar-refractivity contribution in [3.05, 3.63) is 24.4 Å². The molecule has 0 saturated carbocycles. The van der Waals surface area contributed by atoms with Gasteiger partial charge in [-0.1, -0.05) is 12.7 Å². The molecule has 3 heteroatoms. The summed E-state index contributed by atoms with van der Waals surface area (Å²) >= 11 is 0. The van der Waals surface area contributed by atoms with Gasteiger partial charge in [-0.05, 0) is 26.8 Å². The lowest BCUT2D eigenvalue weighted by Crippen LogP contribution is -1.99. The van der Waals surface area contributed by atoms with E-state index in [9.17, 15) is 0 Å². The van der Waals surface area contributed by atoms with Crippen LogP contribution in [-0.4, -0.2) is 17.2 Å². The van der Waals surface area contributed by atoms with Gasteiger partial charge in [-0.25, -0.2) is 4.98 Å². The molecule has 0 amide bonds. The largest absolute Gasteiger partial charge is 0.370 e. The van der Waals surface area contributed by atoms with Crippen molar-refractivity contribution in [2.24, 2.45) is 4.99 Å². The fourth-order valence-electron chi connectivity index (χ4n) is 1.24. The van der Waals surface area contributed by atoms with E-state index in [2.05, 4.69) is 21.9 Å². The Bertz CT molecular complexity index is 376. The molecule has 0 atom stereocenters. The number of pyridine rings is 1. The molecule has 0 aliphatic carbocycles. The molecule has 0 unspecified atom stereocenters. The lowest BCUT2D eigenvalue weighted by molar-refractivity contribution is 1.15. The minimum Gasteiger partial charge on any atom is -0.370 e. The minimum absolute atomic E-state index is 0.860. The van der Waals surface area contributed by atoms with Gasteiger partial charge in [0.2, 0.25) is 0 Å². The number of hydrogen-bond donors (Lipinski definition) is 1. The molecule has 0 bridgehead atoms. The second kappa shape index (κ2) is 5.29. The van der Waals surface area contributed by atoms with Crippen LogP contribution in [-0.2, 0) is 0 Å². The third-order valence-corrected chi connectivity index (χ3v) is 1.84. The van der Waals surface area contributed by atoms with Gasteiger partial charge in [0.05, 0.1) is 11.9 Å². The Morgan fingerprint density at radius 1 is 1.60 bits per heavy atom. The lowest BCUT2D eigenvalue weighted by Gasteiger charge is -2.05. The van der Waals surface area contributed by atoms with E-state index < -0.39 is 0 Å². The molecule has 80 valence electrons. The van der Waals surface area contributed by atoms with Crippen molar-refractivity contribution in [3.8, 4) is 0 Å². The molecular weight excluding hydrogens is 186 g/mol. The highest BCUT2D eigenvalue weighted by Gasteiger charge is 2.00. The first-order valence-electron chi connectivity index (χ1n) is 5.05. The van der Waals surface area contributed by atoms with Gasteiger partial charge in [0, 0.05) is 17.8 Å². The molecule has 0 aliphatic heterocycles. The average Bonchev–Trinajstić information content (AvgIpc) is 2.20. The smallest absolute Gasteiger partial charge is 0.126 e. The number of rotatable bonds is 4. The molecule has 0 aromatic carbocycles. The molecule has 1 rings (SSSR count). The normalized spacial score (nSPS) is 9.53. The minimum atomic E-state index is 0.860. The Morgan fingerprint density at radius 2 is 2.33 bits per heavy atom. The predicted octanol–water partition coefficient (Wildman–Crippen LogP) is 3.27. The molecule has 1 N–H and O–H groups in total. The Morgan fingerprint density at radius 3 is 2.87 bits per heavy atom. The first-order chi connectivity index (χ1) is 7.17. The van der Waals surface area contributed by atoms with E-state index in [0.717, 1.165) is 29.3 Å². The quantitative estimate of drug-likeness (QED) is 0.762. The van der Waals surface area contributed by atoms with Crippen LogP contribution in [0.5, 0.6) is 0 Å². The number of anilines is 1. The zero-order chi connectivity index (χ0) is 11.3. The van der Waals surface area contributed by atoms with E-state index in [1.54, 1.807) is 12.3 Å². The van der Waals surface area contributed by atoms with E-state index in [4.69, 9.17) is 0 Å². The summed E-state index contributed by atoms with van der Waals surface area (Å²) in [5, 5.41) is 3.16. The summed E-state index contributed by atoms with van der Waals surface area (Å²) in [6, 6.07) is 1.96. The Hall–Kier alpha value is -1.64. The van der Waals surface area contributed by atoms with Gasteiger partial charge in [-0.2, -0.15) is 0 Å². The highest BCUT2D eigenvalue weighted by atomic mass is 15.0. The van der Waals surface area contributed by atoms with E-state index in [1.165, 1.54) is 0 Å². The summed E-state index contributed by atoms with van der Waals surface area (Å²) in [5.41, 5.74) is 2.88. The highest BCUT2D eigenvalue weighted by molar-refractivity contribution is 5.83. The summed E-state index contributed by atoms with van der Waals surface area (Å²) < 4.78 is 0. The summed E-state index contributed by atoms with van der Waals surface area (Å²) in [5.74, 6) is 0.861. The summed E-state index contributed by atoms with van der Waals surface area (Å²) in [4.78, 5) is 8.65. The number of nitrogens with one attached hydrogen (secondary N) is 1. The van der Waals surface area contributed by atoms with Gasteiger partial charge in [0.15, 0.2) is 0 Å². The van der Waals surface area contributed by atoms with Gasteiger partial charge in [0.25, 0.3) is 0 Å². The van der Waals surface area contributed by atoms with E-state index >= 15 is 0 Å².